The maximum absolute atomic E-state index is 13.8. The van der Waals surface area contributed by atoms with Gasteiger partial charge in [0.05, 0.1) is 18.7 Å². The first kappa shape index (κ1) is 16.7. The quantitative estimate of drug-likeness (QED) is 0.786. The Morgan fingerprint density at radius 3 is 2.71 bits per heavy atom. The number of nitrogens with two attached hydrogens (primary N) is 1. The van der Waals surface area contributed by atoms with Gasteiger partial charge >= 0.3 is 0 Å². The molecule has 1 aromatic rings. The third kappa shape index (κ3) is 4.58. The van der Waals surface area contributed by atoms with Crippen molar-refractivity contribution in [3.05, 3.63) is 35.1 Å². The molecule has 0 heterocycles. The molecule has 0 aliphatic heterocycles. The fraction of sp³-hybridized carbons (Fsp3) is 0.333. The normalized spacial score (nSPS) is 9.52. The SMILES string of the molecule is CCN(CC(=O)NC)C(=O)c1cc(C#CCN)ccc1F. The standard InChI is InChI=1S/C15H18FN3O2/c1-3-19(10-14(20)18-2)15(21)12-9-11(5-4-8-17)6-7-13(12)16/h6-7,9H,3,8,10,17H2,1-2H3,(H,18,20). The van der Waals surface area contributed by atoms with Crippen molar-refractivity contribution in [3.63, 3.8) is 0 Å². The highest BCUT2D eigenvalue weighted by Gasteiger charge is 2.20. The lowest BCUT2D eigenvalue weighted by molar-refractivity contribution is -0.121. The molecule has 0 spiro atoms. The van der Waals surface area contributed by atoms with Crippen LogP contribution in [-0.4, -0.2) is 43.4 Å². The van der Waals surface area contributed by atoms with Crippen LogP contribution >= 0.6 is 0 Å². The summed E-state index contributed by atoms with van der Waals surface area (Å²) in [5.41, 5.74) is 5.67. The first-order valence-electron chi connectivity index (χ1n) is 6.51. The summed E-state index contributed by atoms with van der Waals surface area (Å²) >= 11 is 0. The van der Waals surface area contributed by atoms with Crippen LogP contribution in [0.4, 0.5) is 4.39 Å². The lowest BCUT2D eigenvalue weighted by Gasteiger charge is -2.20. The Kier molecular flexibility index (Phi) is 6.37. The van der Waals surface area contributed by atoms with Crippen LogP contribution in [0.15, 0.2) is 18.2 Å². The van der Waals surface area contributed by atoms with Crippen molar-refractivity contribution in [2.75, 3.05) is 26.7 Å². The molecule has 2 amide bonds. The summed E-state index contributed by atoms with van der Waals surface area (Å²) in [6.45, 7) is 2.07. The van der Waals surface area contributed by atoms with E-state index in [1.807, 2.05) is 0 Å². The minimum Gasteiger partial charge on any atom is -0.358 e. The van der Waals surface area contributed by atoms with Gasteiger partial charge in [-0.2, -0.15) is 0 Å². The predicted molar refractivity (Wildman–Crippen MR) is 78.0 cm³/mol. The summed E-state index contributed by atoms with van der Waals surface area (Å²) in [5, 5.41) is 2.43. The predicted octanol–water partition coefficient (Wildman–Crippen LogP) is 0.344. The molecule has 1 rings (SSSR count). The fourth-order valence-electron chi connectivity index (χ4n) is 1.67. The van der Waals surface area contributed by atoms with Crippen molar-refractivity contribution in [2.45, 2.75) is 6.92 Å². The largest absolute Gasteiger partial charge is 0.358 e. The lowest BCUT2D eigenvalue weighted by atomic mass is 10.1. The summed E-state index contributed by atoms with van der Waals surface area (Å²) in [7, 11) is 1.48. The maximum atomic E-state index is 13.8. The third-order valence-electron chi connectivity index (χ3n) is 2.81. The second-order valence-electron chi connectivity index (χ2n) is 4.19. The molecule has 0 saturated heterocycles. The average Bonchev–Trinajstić information content (AvgIpc) is 2.50. The van der Waals surface area contributed by atoms with Crippen LogP contribution < -0.4 is 11.1 Å². The smallest absolute Gasteiger partial charge is 0.257 e. The van der Waals surface area contributed by atoms with Gasteiger partial charge < -0.3 is 16.0 Å². The molecule has 0 unspecified atom stereocenters. The van der Waals surface area contributed by atoms with E-state index in [0.29, 0.717) is 12.1 Å². The number of hydrogen-bond acceptors (Lipinski definition) is 3. The molecule has 0 saturated carbocycles. The van der Waals surface area contributed by atoms with Gasteiger partial charge in [-0.3, -0.25) is 9.59 Å². The summed E-state index contributed by atoms with van der Waals surface area (Å²) < 4.78 is 13.8. The number of halogens is 1. The Labute approximate surface area is 123 Å². The van der Waals surface area contributed by atoms with E-state index in [2.05, 4.69) is 17.2 Å². The minimum atomic E-state index is -0.645. The summed E-state index contributed by atoms with van der Waals surface area (Å²) in [4.78, 5) is 24.9. The molecule has 21 heavy (non-hydrogen) atoms. The molecule has 0 atom stereocenters. The van der Waals surface area contributed by atoms with Crippen molar-refractivity contribution in [2.24, 2.45) is 5.73 Å². The second-order valence-corrected chi connectivity index (χ2v) is 4.19. The number of hydrogen-bond donors (Lipinski definition) is 2. The van der Waals surface area contributed by atoms with Crippen LogP contribution in [0.1, 0.15) is 22.8 Å². The molecule has 0 aliphatic carbocycles. The molecular weight excluding hydrogens is 273 g/mol. The molecule has 0 aliphatic rings. The molecular formula is C15H18FN3O2. The van der Waals surface area contributed by atoms with Crippen molar-refractivity contribution in [1.29, 1.82) is 0 Å². The topological polar surface area (TPSA) is 75.4 Å². The molecule has 6 heteroatoms. The van der Waals surface area contributed by atoms with E-state index in [1.54, 1.807) is 6.92 Å². The fourth-order valence-corrected chi connectivity index (χ4v) is 1.67. The van der Waals surface area contributed by atoms with E-state index >= 15 is 0 Å². The van der Waals surface area contributed by atoms with Gasteiger partial charge in [-0.1, -0.05) is 11.8 Å². The van der Waals surface area contributed by atoms with Gasteiger partial charge in [-0.15, -0.1) is 0 Å². The van der Waals surface area contributed by atoms with E-state index in [9.17, 15) is 14.0 Å². The van der Waals surface area contributed by atoms with Gasteiger partial charge in [0.25, 0.3) is 5.91 Å². The monoisotopic (exact) mass is 291 g/mol. The van der Waals surface area contributed by atoms with E-state index < -0.39 is 11.7 Å². The van der Waals surface area contributed by atoms with E-state index in [-0.39, 0.29) is 24.6 Å². The molecule has 0 radical (unpaired) electrons. The molecule has 0 bridgehead atoms. The molecule has 1 aromatic carbocycles. The van der Waals surface area contributed by atoms with Gasteiger partial charge in [-0.05, 0) is 25.1 Å². The zero-order valence-electron chi connectivity index (χ0n) is 12.1. The number of benzene rings is 1. The summed E-state index contributed by atoms with van der Waals surface area (Å²) in [6, 6.07) is 4.03. The Morgan fingerprint density at radius 2 is 2.14 bits per heavy atom. The highest BCUT2D eigenvalue weighted by Crippen LogP contribution is 2.13. The zero-order valence-corrected chi connectivity index (χ0v) is 12.1. The van der Waals surface area contributed by atoms with E-state index in [1.165, 1.54) is 30.1 Å². The number of nitrogens with zero attached hydrogens (tertiary/aromatic N) is 1. The number of carbonyl (C=O) groups excluding carboxylic acids is 2. The molecule has 0 fully saturated rings. The zero-order chi connectivity index (χ0) is 15.8. The van der Waals surface area contributed by atoms with Gasteiger partial charge in [0.2, 0.25) is 5.91 Å². The summed E-state index contributed by atoms with van der Waals surface area (Å²) in [5.74, 6) is 3.88. The highest BCUT2D eigenvalue weighted by atomic mass is 19.1. The van der Waals surface area contributed by atoms with Crippen LogP contribution in [0, 0.1) is 17.7 Å². The Bertz CT molecular complexity index is 590. The van der Waals surface area contributed by atoms with Gasteiger partial charge in [-0.25, -0.2) is 4.39 Å². The van der Waals surface area contributed by atoms with E-state index in [0.717, 1.165) is 0 Å². The van der Waals surface area contributed by atoms with Crippen LogP contribution in [-0.2, 0) is 4.79 Å². The van der Waals surface area contributed by atoms with E-state index in [4.69, 9.17) is 5.73 Å². The number of carbonyl (C=O) groups is 2. The minimum absolute atomic E-state index is 0.107. The van der Waals surface area contributed by atoms with Crippen molar-refractivity contribution >= 4 is 11.8 Å². The number of nitrogens with one attached hydrogen (secondary N) is 1. The van der Waals surface area contributed by atoms with Crippen LogP contribution in [0.5, 0.6) is 0 Å². The maximum Gasteiger partial charge on any atom is 0.257 e. The lowest BCUT2D eigenvalue weighted by Crippen LogP contribution is -2.39. The number of amides is 2. The third-order valence-corrected chi connectivity index (χ3v) is 2.81. The Morgan fingerprint density at radius 1 is 1.43 bits per heavy atom. The summed E-state index contributed by atoms with van der Waals surface area (Å²) in [6.07, 6.45) is 0. The molecule has 112 valence electrons. The first-order valence-corrected chi connectivity index (χ1v) is 6.51. The van der Waals surface area contributed by atoms with Crippen LogP contribution in [0.3, 0.4) is 0 Å². The Hall–Kier alpha value is -2.39. The molecule has 5 nitrogen and oxygen atoms in total. The number of rotatable bonds is 4. The van der Waals surface area contributed by atoms with Gasteiger partial charge in [0.1, 0.15) is 5.82 Å². The van der Waals surface area contributed by atoms with Gasteiger partial charge in [0, 0.05) is 19.2 Å². The average molecular weight is 291 g/mol. The van der Waals surface area contributed by atoms with Crippen molar-refractivity contribution in [3.8, 4) is 11.8 Å². The van der Waals surface area contributed by atoms with Gasteiger partial charge in [0.15, 0.2) is 0 Å². The van der Waals surface area contributed by atoms with Crippen LogP contribution in [0.25, 0.3) is 0 Å². The van der Waals surface area contributed by atoms with Crippen molar-refractivity contribution in [1.82, 2.24) is 10.2 Å². The van der Waals surface area contributed by atoms with Crippen LogP contribution in [0.2, 0.25) is 0 Å². The van der Waals surface area contributed by atoms with Crippen molar-refractivity contribution < 1.29 is 14.0 Å². The Balaban J connectivity index is 3.06. The molecule has 3 N–H and O–H groups in total. The number of likely N-dealkylation sites (N-methyl/N-ethyl adjacent to an activating group) is 2. The highest BCUT2D eigenvalue weighted by molar-refractivity contribution is 5.97. The first-order chi connectivity index (χ1) is 10.0. The molecule has 0 aromatic heterocycles. The second kappa shape index (κ2) is 8.02.